The number of unbranched alkanes of at least 4 members (excludes halogenated alkanes) is 19. The van der Waals surface area contributed by atoms with Crippen molar-refractivity contribution in [3.05, 3.63) is 59.2 Å². The molecule has 0 saturated carbocycles. The summed E-state index contributed by atoms with van der Waals surface area (Å²) in [7, 11) is -10.8. The first-order valence-electron chi connectivity index (χ1n) is 25.0. The maximum atomic E-state index is 12.8. The molecule has 390 valence electrons. The van der Waals surface area contributed by atoms with Crippen LogP contribution in [0.15, 0.2) is 53.5 Å². The molecule has 0 aliphatic carbocycles. The highest BCUT2D eigenvalue weighted by molar-refractivity contribution is 7.61. The number of hydrogen-bond acceptors (Lipinski definition) is 15. The van der Waals surface area contributed by atoms with Gasteiger partial charge < -0.3 is 39.9 Å². The third-order valence-corrected chi connectivity index (χ3v) is 13.8. The number of ether oxygens (including phenoxy) is 3. The Labute approximate surface area is 404 Å². The van der Waals surface area contributed by atoms with Crippen LogP contribution in [-0.2, 0) is 46.3 Å². The van der Waals surface area contributed by atoms with Gasteiger partial charge in [-0.05, 0) is 76.7 Å². The summed E-state index contributed by atoms with van der Waals surface area (Å²) in [6, 6.07) is 1.25. The molecule has 0 bridgehead atoms. The second-order valence-corrected chi connectivity index (χ2v) is 20.4. The van der Waals surface area contributed by atoms with E-state index in [4.69, 9.17) is 29.0 Å². The Morgan fingerprint density at radius 2 is 1.19 bits per heavy atom. The number of phosphoric acid groups is 2. The minimum atomic E-state index is -5.43. The average Bonchev–Trinajstić information content (AvgIpc) is 3.57. The zero-order chi connectivity index (χ0) is 49.9. The van der Waals surface area contributed by atoms with Gasteiger partial charge in [0.15, 0.2) is 12.3 Å². The quantitative estimate of drug-likeness (QED) is 0.0177. The molecule has 0 amide bonds. The van der Waals surface area contributed by atoms with Gasteiger partial charge in [-0.25, -0.2) is 13.9 Å². The molecule has 1 aromatic heterocycles. The third kappa shape index (κ3) is 29.2. The van der Waals surface area contributed by atoms with Crippen LogP contribution in [0, 0.1) is 0 Å². The monoisotopic (exact) mass is 1000 g/mol. The Hall–Kier alpha value is -3.02. The molecule has 0 aromatic carbocycles. The van der Waals surface area contributed by atoms with Crippen molar-refractivity contribution in [2.45, 2.75) is 211 Å². The summed E-state index contributed by atoms with van der Waals surface area (Å²) in [6.07, 6.45) is 32.2. The van der Waals surface area contributed by atoms with Crippen molar-refractivity contribution in [3.8, 4) is 0 Å². The van der Waals surface area contributed by atoms with Crippen molar-refractivity contribution >= 4 is 33.4 Å². The highest BCUT2D eigenvalue weighted by Crippen LogP contribution is 2.60. The molecule has 1 saturated heterocycles. The van der Waals surface area contributed by atoms with E-state index < -0.39 is 83.7 Å². The lowest BCUT2D eigenvalue weighted by molar-refractivity contribution is -0.161. The molecule has 20 heteroatoms. The van der Waals surface area contributed by atoms with Crippen molar-refractivity contribution in [2.75, 3.05) is 25.6 Å². The van der Waals surface area contributed by atoms with Crippen LogP contribution in [0.3, 0.4) is 0 Å². The van der Waals surface area contributed by atoms with Crippen LogP contribution in [0.2, 0.25) is 0 Å². The highest BCUT2D eigenvalue weighted by atomic mass is 31.3. The van der Waals surface area contributed by atoms with Gasteiger partial charge in [0.05, 0.1) is 13.2 Å². The van der Waals surface area contributed by atoms with Gasteiger partial charge in [0, 0.05) is 19.0 Å². The number of aliphatic hydroxyl groups excluding tert-OH is 2. The minimum Gasteiger partial charge on any atom is -0.462 e. The number of phosphoric ester groups is 2. The lowest BCUT2D eigenvalue weighted by Crippen LogP contribution is -2.36. The molecule has 18 nitrogen and oxygen atoms in total. The van der Waals surface area contributed by atoms with Crippen LogP contribution < -0.4 is 11.4 Å². The number of nitrogens with two attached hydrogens (primary N) is 1. The fraction of sp³-hybridized carbons (Fsp3) is 0.750. The second kappa shape index (κ2) is 36.9. The number of nitrogens with zero attached hydrogens (tertiary/aromatic N) is 2. The minimum absolute atomic E-state index is 0.0336. The summed E-state index contributed by atoms with van der Waals surface area (Å²) in [6.45, 7) is 2.10. The standard InChI is InChI=1S/C48H83N3O15P2/c1-3-5-7-9-11-13-15-17-19-21-23-25-27-29-31-33-43(52)61-37-40(64-44(53)34-32-30-28-26-24-22-20-18-16-14-12-10-8-6-4-2)38-62-67(57,58)66-68(59,60)63-39-41-45(54)46(55)47(65-41)51-36-35-42(49)50-48(51)56/h12-15,18,20,35-36,40-41,45-47,54-55H,3-11,16-17,19,21-34,37-39H2,1-2H3,(H,57,58)(H,59,60)(H2,49,50,56)/t40-,41-,45+,46?,47-/m1/s1. The first-order valence-corrected chi connectivity index (χ1v) is 28.0. The number of aliphatic hydroxyl groups is 2. The highest BCUT2D eigenvalue weighted by Gasteiger charge is 2.46. The summed E-state index contributed by atoms with van der Waals surface area (Å²) in [4.78, 5) is 61.8. The molecule has 1 fully saturated rings. The van der Waals surface area contributed by atoms with Crippen LogP contribution in [-0.4, -0.2) is 85.7 Å². The van der Waals surface area contributed by atoms with E-state index in [1.807, 2.05) is 0 Å². The molecule has 68 heavy (non-hydrogen) atoms. The zero-order valence-corrected chi connectivity index (χ0v) is 42.4. The van der Waals surface area contributed by atoms with E-state index >= 15 is 0 Å². The van der Waals surface area contributed by atoms with Crippen LogP contribution in [0.5, 0.6) is 0 Å². The molecule has 3 unspecified atom stereocenters. The summed E-state index contributed by atoms with van der Waals surface area (Å²) in [5, 5.41) is 20.9. The predicted molar refractivity (Wildman–Crippen MR) is 261 cm³/mol. The molecule has 1 aromatic rings. The third-order valence-electron chi connectivity index (χ3n) is 11.2. The second-order valence-electron chi connectivity index (χ2n) is 17.3. The number of nitrogen functional groups attached to an aromatic ring is 1. The molecule has 6 N–H and O–H groups in total. The van der Waals surface area contributed by atoms with E-state index in [0.29, 0.717) is 12.8 Å². The van der Waals surface area contributed by atoms with Gasteiger partial charge in [-0.15, -0.1) is 0 Å². The molecule has 0 spiro atoms. The van der Waals surface area contributed by atoms with Gasteiger partial charge in [0.25, 0.3) is 0 Å². The summed E-state index contributed by atoms with van der Waals surface area (Å²) < 4.78 is 56.7. The van der Waals surface area contributed by atoms with E-state index in [1.54, 1.807) is 0 Å². The molecule has 0 radical (unpaired) electrons. The van der Waals surface area contributed by atoms with Crippen LogP contribution in [0.4, 0.5) is 5.82 Å². The van der Waals surface area contributed by atoms with Crippen molar-refractivity contribution in [3.63, 3.8) is 0 Å². The predicted octanol–water partition coefficient (Wildman–Crippen LogP) is 10.0. The number of allylic oxidation sites excluding steroid dienone is 6. The molecular weight excluding hydrogens is 920 g/mol. The Balaban J connectivity index is 1.81. The summed E-state index contributed by atoms with van der Waals surface area (Å²) in [5.41, 5.74) is 4.59. The largest absolute Gasteiger partial charge is 0.481 e. The number of carbonyl (C=O) groups is 2. The van der Waals surface area contributed by atoms with Gasteiger partial charge in [0.1, 0.15) is 30.7 Å². The summed E-state index contributed by atoms with van der Waals surface area (Å²) in [5.74, 6) is -1.31. The number of esters is 2. The van der Waals surface area contributed by atoms with Gasteiger partial charge >= 0.3 is 33.3 Å². The first kappa shape index (κ1) is 61.1. The smallest absolute Gasteiger partial charge is 0.462 e. The van der Waals surface area contributed by atoms with Gasteiger partial charge in [-0.1, -0.05) is 134 Å². The van der Waals surface area contributed by atoms with Crippen LogP contribution in [0.25, 0.3) is 0 Å². The molecule has 7 atom stereocenters. The van der Waals surface area contributed by atoms with Gasteiger partial charge in [-0.2, -0.15) is 9.29 Å². The van der Waals surface area contributed by atoms with E-state index in [-0.39, 0.29) is 18.7 Å². The van der Waals surface area contributed by atoms with Crippen molar-refractivity contribution in [1.29, 1.82) is 0 Å². The Bertz CT molecular complexity index is 1780. The fourth-order valence-corrected chi connectivity index (χ4v) is 9.39. The number of hydrogen-bond donors (Lipinski definition) is 5. The number of rotatable bonds is 41. The lowest BCUT2D eigenvalue weighted by Gasteiger charge is -2.21. The molecule has 1 aliphatic heterocycles. The Morgan fingerprint density at radius 1 is 0.706 bits per heavy atom. The lowest BCUT2D eigenvalue weighted by atomic mass is 10.1. The van der Waals surface area contributed by atoms with E-state index in [1.165, 1.54) is 51.0 Å². The van der Waals surface area contributed by atoms with Crippen molar-refractivity contribution < 1.29 is 66.3 Å². The number of anilines is 1. The maximum Gasteiger partial charge on any atom is 0.481 e. The average molecular weight is 1000 g/mol. The Kier molecular flexibility index (Phi) is 33.1. The SMILES string of the molecule is CCCCCC=CCC=CCCCCCCCC(=O)O[C@H](COC(=O)CCCCCCCCCC=CCCCCCC)COP(=O)(O)OP(=O)(O)OC[C@H]1O[C@@H](n2ccc(N)nc2=O)C(O)[C@H]1O. The van der Waals surface area contributed by atoms with E-state index in [0.717, 1.165) is 107 Å². The first-order chi connectivity index (χ1) is 32.7. The number of aromatic nitrogens is 2. The Morgan fingerprint density at radius 3 is 1.76 bits per heavy atom. The summed E-state index contributed by atoms with van der Waals surface area (Å²) >= 11 is 0. The normalized spacial score (nSPS) is 19.7. The van der Waals surface area contributed by atoms with Crippen LogP contribution >= 0.6 is 15.6 Å². The molecular formula is C48H83N3O15P2. The molecule has 2 rings (SSSR count). The number of carbonyl (C=O) groups excluding carboxylic acids is 2. The zero-order valence-electron chi connectivity index (χ0n) is 40.7. The fourth-order valence-electron chi connectivity index (χ4n) is 7.28. The van der Waals surface area contributed by atoms with E-state index in [9.17, 15) is 43.5 Å². The topological polar surface area (TPSA) is 265 Å². The van der Waals surface area contributed by atoms with Crippen molar-refractivity contribution in [1.82, 2.24) is 9.55 Å². The van der Waals surface area contributed by atoms with Crippen LogP contribution in [0.1, 0.15) is 187 Å². The molecule has 2 heterocycles. The van der Waals surface area contributed by atoms with Gasteiger partial charge in [-0.3, -0.25) is 23.2 Å². The van der Waals surface area contributed by atoms with Gasteiger partial charge in [0.2, 0.25) is 0 Å². The maximum absolute atomic E-state index is 12.8. The van der Waals surface area contributed by atoms with Crippen molar-refractivity contribution in [2.24, 2.45) is 0 Å². The molecule has 1 aliphatic rings. The van der Waals surface area contributed by atoms with E-state index in [2.05, 4.69) is 59.6 Å².